The van der Waals surface area contributed by atoms with Crippen LogP contribution in [-0.2, 0) is 6.61 Å². The van der Waals surface area contributed by atoms with Gasteiger partial charge in [-0.3, -0.25) is 4.79 Å². The Kier molecular flexibility index (Phi) is 7.47. The molecule has 33 heavy (non-hydrogen) atoms. The van der Waals surface area contributed by atoms with Crippen LogP contribution in [0.2, 0.25) is 0 Å². The molecule has 4 rings (SSSR count). The van der Waals surface area contributed by atoms with Gasteiger partial charge in [0.05, 0.1) is 29.1 Å². The van der Waals surface area contributed by atoms with Gasteiger partial charge in [-0.15, -0.1) is 22.7 Å². The normalized spacial score (nSPS) is 10.9. The van der Waals surface area contributed by atoms with E-state index < -0.39 is 0 Å². The number of benzene rings is 1. The predicted octanol–water partition coefficient (Wildman–Crippen LogP) is 6.09. The molecule has 4 aromatic rings. The van der Waals surface area contributed by atoms with Crippen molar-refractivity contribution in [1.29, 1.82) is 0 Å². The molecule has 6 nitrogen and oxygen atoms in total. The summed E-state index contributed by atoms with van der Waals surface area (Å²) in [6.45, 7) is 5.15. The van der Waals surface area contributed by atoms with Gasteiger partial charge in [0.15, 0.2) is 0 Å². The molecule has 0 saturated carbocycles. The molecule has 3 aromatic heterocycles. The number of nitrogens with zero attached hydrogens (tertiary/aromatic N) is 2. The number of carbonyl (C=O) groups is 1. The second-order valence-corrected chi connectivity index (χ2v) is 9.38. The van der Waals surface area contributed by atoms with Crippen LogP contribution in [0.25, 0.3) is 16.4 Å². The lowest BCUT2D eigenvalue weighted by atomic mass is 10.2. The van der Waals surface area contributed by atoms with Gasteiger partial charge in [0, 0.05) is 17.6 Å². The van der Waals surface area contributed by atoms with Gasteiger partial charge < -0.3 is 19.4 Å². The second-order valence-electron chi connectivity index (χ2n) is 7.52. The first-order chi connectivity index (χ1) is 16.1. The third-order valence-electron chi connectivity index (χ3n) is 5.27. The second kappa shape index (κ2) is 10.7. The lowest BCUT2D eigenvalue weighted by Gasteiger charge is -2.08. The zero-order valence-corrected chi connectivity index (χ0v) is 20.6. The highest BCUT2D eigenvalue weighted by atomic mass is 32.1. The Morgan fingerprint density at radius 3 is 2.64 bits per heavy atom. The van der Waals surface area contributed by atoms with E-state index >= 15 is 0 Å². The van der Waals surface area contributed by atoms with Gasteiger partial charge in [0.25, 0.3) is 5.91 Å². The Hall–Kier alpha value is -3.10. The van der Waals surface area contributed by atoms with E-state index in [0.29, 0.717) is 18.7 Å². The van der Waals surface area contributed by atoms with Gasteiger partial charge in [-0.2, -0.15) is 0 Å². The predicted molar refractivity (Wildman–Crippen MR) is 134 cm³/mol. The topological polar surface area (TPSA) is 65.4 Å². The highest BCUT2D eigenvalue weighted by Crippen LogP contribution is 2.32. The van der Waals surface area contributed by atoms with Crippen molar-refractivity contribution in [3.8, 4) is 27.9 Å². The highest BCUT2D eigenvalue weighted by molar-refractivity contribution is 7.12. The molecule has 0 aliphatic heterocycles. The molecule has 1 amide bonds. The molecule has 1 N–H and O–H groups in total. The number of unbranched alkanes of at least 4 members (excludes halogenated alkanes) is 1. The fourth-order valence-electron chi connectivity index (χ4n) is 3.49. The molecular weight excluding hydrogens is 454 g/mol. The van der Waals surface area contributed by atoms with E-state index in [4.69, 9.17) is 14.5 Å². The third kappa shape index (κ3) is 5.29. The molecule has 3 heterocycles. The first-order valence-corrected chi connectivity index (χ1v) is 12.6. The summed E-state index contributed by atoms with van der Waals surface area (Å²) in [6, 6.07) is 13.5. The standard InChI is InChI=1S/C25H27N3O3S2/c1-4-5-12-26-25(29)20-14-22(28(17(20)2)24-7-6-13-32-24)21-16-33-23(27-21)15-31-19-10-8-18(30-3)9-11-19/h6-11,13-14,16H,4-5,12,15H2,1-3H3,(H,26,29). The van der Waals surface area contributed by atoms with E-state index in [1.807, 2.05) is 54.1 Å². The fraction of sp³-hybridized carbons (Fsp3) is 0.280. The van der Waals surface area contributed by atoms with Crippen molar-refractivity contribution in [2.45, 2.75) is 33.3 Å². The Morgan fingerprint density at radius 1 is 1.15 bits per heavy atom. The van der Waals surface area contributed by atoms with Crippen LogP contribution in [-0.4, -0.2) is 29.1 Å². The molecule has 0 saturated heterocycles. The van der Waals surface area contributed by atoms with Gasteiger partial charge in [-0.1, -0.05) is 13.3 Å². The van der Waals surface area contributed by atoms with E-state index in [9.17, 15) is 4.79 Å². The van der Waals surface area contributed by atoms with Gasteiger partial charge >= 0.3 is 0 Å². The quantitative estimate of drug-likeness (QED) is 0.279. The van der Waals surface area contributed by atoms with Crippen molar-refractivity contribution in [2.24, 2.45) is 0 Å². The number of carbonyl (C=O) groups excluding carboxylic acids is 1. The first kappa shape index (κ1) is 23.1. The summed E-state index contributed by atoms with van der Waals surface area (Å²) >= 11 is 3.18. The number of nitrogens with one attached hydrogen (secondary N) is 1. The van der Waals surface area contributed by atoms with Crippen LogP contribution in [0.15, 0.2) is 53.2 Å². The number of methoxy groups -OCH3 is 1. The summed E-state index contributed by atoms with van der Waals surface area (Å²) in [5.41, 5.74) is 3.32. The molecule has 0 bridgehead atoms. The maximum atomic E-state index is 12.8. The number of ether oxygens (including phenoxy) is 2. The van der Waals surface area contributed by atoms with Crippen molar-refractivity contribution < 1.29 is 14.3 Å². The van der Waals surface area contributed by atoms with Gasteiger partial charge in [-0.25, -0.2) is 4.98 Å². The largest absolute Gasteiger partial charge is 0.497 e. The molecular formula is C25H27N3O3S2. The number of thiophene rings is 1. The van der Waals surface area contributed by atoms with Crippen LogP contribution in [0, 0.1) is 6.92 Å². The molecule has 0 spiro atoms. The molecule has 1 aromatic carbocycles. The van der Waals surface area contributed by atoms with Crippen LogP contribution < -0.4 is 14.8 Å². The number of aromatic nitrogens is 2. The van der Waals surface area contributed by atoms with Gasteiger partial charge in [0.1, 0.15) is 23.1 Å². The van der Waals surface area contributed by atoms with Crippen molar-refractivity contribution in [3.63, 3.8) is 0 Å². The van der Waals surface area contributed by atoms with E-state index in [1.165, 1.54) is 0 Å². The molecule has 0 fully saturated rings. The van der Waals surface area contributed by atoms with E-state index in [0.717, 1.165) is 51.4 Å². The highest BCUT2D eigenvalue weighted by Gasteiger charge is 2.21. The van der Waals surface area contributed by atoms with Crippen LogP contribution in [0.4, 0.5) is 0 Å². The van der Waals surface area contributed by atoms with Crippen molar-refractivity contribution in [2.75, 3.05) is 13.7 Å². The molecule has 0 radical (unpaired) electrons. The Morgan fingerprint density at radius 2 is 1.94 bits per heavy atom. The Balaban J connectivity index is 1.58. The molecule has 0 aliphatic rings. The lowest BCUT2D eigenvalue weighted by Crippen LogP contribution is -2.24. The molecule has 8 heteroatoms. The molecule has 0 atom stereocenters. The van der Waals surface area contributed by atoms with Gasteiger partial charge in [-0.05, 0) is 61.2 Å². The maximum absolute atomic E-state index is 12.8. The number of rotatable bonds is 10. The van der Waals surface area contributed by atoms with Crippen LogP contribution in [0.1, 0.15) is 40.8 Å². The summed E-state index contributed by atoms with van der Waals surface area (Å²) in [5.74, 6) is 1.50. The van der Waals surface area contributed by atoms with Crippen LogP contribution in [0.3, 0.4) is 0 Å². The SMILES string of the molecule is CCCCNC(=O)c1cc(-c2csc(COc3ccc(OC)cc3)n2)n(-c2cccs2)c1C. The molecule has 0 unspecified atom stereocenters. The van der Waals surface area contributed by atoms with E-state index in [2.05, 4.69) is 22.9 Å². The summed E-state index contributed by atoms with van der Waals surface area (Å²) in [5, 5.41) is 9.01. The molecule has 172 valence electrons. The number of hydrogen-bond acceptors (Lipinski definition) is 6. The minimum Gasteiger partial charge on any atom is -0.497 e. The zero-order valence-electron chi connectivity index (χ0n) is 19.0. The zero-order chi connectivity index (χ0) is 23.2. The summed E-state index contributed by atoms with van der Waals surface area (Å²) in [6.07, 6.45) is 2.01. The van der Waals surface area contributed by atoms with Crippen molar-refractivity contribution >= 4 is 28.6 Å². The summed E-state index contributed by atoms with van der Waals surface area (Å²) < 4.78 is 13.2. The maximum Gasteiger partial charge on any atom is 0.253 e. The minimum absolute atomic E-state index is 0.0456. The molecule has 0 aliphatic carbocycles. The number of hydrogen-bond donors (Lipinski definition) is 1. The number of thiazole rings is 1. The summed E-state index contributed by atoms with van der Waals surface area (Å²) in [4.78, 5) is 17.7. The van der Waals surface area contributed by atoms with Crippen LogP contribution >= 0.6 is 22.7 Å². The van der Waals surface area contributed by atoms with Crippen molar-refractivity contribution in [3.05, 3.63) is 69.5 Å². The Labute approximate surface area is 201 Å². The monoisotopic (exact) mass is 481 g/mol. The van der Waals surface area contributed by atoms with E-state index in [-0.39, 0.29) is 5.91 Å². The average Bonchev–Trinajstić information content (AvgIpc) is 3.58. The smallest absolute Gasteiger partial charge is 0.253 e. The average molecular weight is 482 g/mol. The van der Waals surface area contributed by atoms with E-state index in [1.54, 1.807) is 29.8 Å². The fourth-order valence-corrected chi connectivity index (χ4v) is 4.99. The summed E-state index contributed by atoms with van der Waals surface area (Å²) in [7, 11) is 1.64. The Bertz CT molecular complexity index is 1190. The van der Waals surface area contributed by atoms with Crippen LogP contribution in [0.5, 0.6) is 11.5 Å². The first-order valence-electron chi connectivity index (χ1n) is 10.9. The lowest BCUT2D eigenvalue weighted by molar-refractivity contribution is 0.0952. The van der Waals surface area contributed by atoms with Gasteiger partial charge in [0.2, 0.25) is 0 Å². The van der Waals surface area contributed by atoms with Crippen molar-refractivity contribution in [1.82, 2.24) is 14.9 Å². The third-order valence-corrected chi connectivity index (χ3v) is 6.95. The number of amides is 1. The minimum atomic E-state index is -0.0456.